The molecule has 0 aromatic heterocycles. The number of carboxylic acid groups (broad SMARTS) is 1. The maximum absolute atomic E-state index is 13.6. The van der Waals surface area contributed by atoms with E-state index in [1.165, 1.54) is 25.3 Å². The molecule has 4 heteroatoms. The molecule has 4 nitrogen and oxygen atoms in total. The van der Waals surface area contributed by atoms with Gasteiger partial charge in [0.05, 0.1) is 5.92 Å². The summed E-state index contributed by atoms with van der Waals surface area (Å²) in [4.78, 5) is 38.4. The molecule has 0 spiro atoms. The molecule has 8 atom stereocenters. The Morgan fingerprint density at radius 2 is 1.81 bits per heavy atom. The van der Waals surface area contributed by atoms with Gasteiger partial charge in [0.2, 0.25) is 0 Å². The number of hydrogen-bond acceptors (Lipinski definition) is 3. The maximum atomic E-state index is 13.6. The van der Waals surface area contributed by atoms with E-state index in [2.05, 4.69) is 27.7 Å². The summed E-state index contributed by atoms with van der Waals surface area (Å²) in [6.07, 6.45) is 9.65. The lowest BCUT2D eigenvalue weighted by Gasteiger charge is -2.58. The fourth-order valence-corrected chi connectivity index (χ4v) is 8.45. The first kappa shape index (κ1) is 22.7. The van der Waals surface area contributed by atoms with Crippen molar-refractivity contribution in [1.82, 2.24) is 0 Å². The molecule has 172 valence electrons. The number of allylic oxidation sites excluding steroid dienone is 1. The van der Waals surface area contributed by atoms with Gasteiger partial charge in [-0.05, 0) is 73.2 Å². The number of carboxylic acids is 1. The van der Waals surface area contributed by atoms with E-state index >= 15 is 0 Å². The fraction of sp³-hybridized carbons (Fsp3) is 0.815. The van der Waals surface area contributed by atoms with Gasteiger partial charge in [0.1, 0.15) is 5.78 Å². The number of carbonyl (C=O) groups excluding carboxylic acids is 2. The van der Waals surface area contributed by atoms with E-state index in [4.69, 9.17) is 0 Å². The van der Waals surface area contributed by atoms with Crippen LogP contribution in [-0.2, 0) is 14.4 Å². The molecule has 4 aliphatic rings. The molecule has 0 saturated heterocycles. The van der Waals surface area contributed by atoms with Gasteiger partial charge in [-0.1, -0.05) is 53.9 Å². The molecule has 0 amide bonds. The van der Waals surface area contributed by atoms with E-state index in [9.17, 15) is 19.5 Å². The van der Waals surface area contributed by atoms with Crippen molar-refractivity contribution in [3.63, 3.8) is 0 Å². The molecule has 31 heavy (non-hydrogen) atoms. The van der Waals surface area contributed by atoms with Crippen LogP contribution in [0.1, 0.15) is 86.0 Å². The number of ketones is 2. The highest BCUT2D eigenvalue weighted by Crippen LogP contribution is 2.67. The molecule has 2 bridgehead atoms. The van der Waals surface area contributed by atoms with Crippen molar-refractivity contribution in [3.05, 3.63) is 11.6 Å². The Morgan fingerprint density at radius 1 is 1.10 bits per heavy atom. The van der Waals surface area contributed by atoms with E-state index < -0.39 is 17.3 Å². The van der Waals surface area contributed by atoms with Gasteiger partial charge in [-0.25, -0.2) is 4.79 Å². The van der Waals surface area contributed by atoms with Gasteiger partial charge in [0, 0.05) is 16.9 Å². The second-order valence-corrected chi connectivity index (χ2v) is 12.1. The van der Waals surface area contributed by atoms with Crippen LogP contribution in [0.4, 0.5) is 0 Å². The van der Waals surface area contributed by atoms with E-state index in [1.54, 1.807) is 0 Å². The minimum atomic E-state index is -0.987. The van der Waals surface area contributed by atoms with Gasteiger partial charge in [-0.15, -0.1) is 0 Å². The van der Waals surface area contributed by atoms with Crippen molar-refractivity contribution < 1.29 is 19.5 Å². The van der Waals surface area contributed by atoms with Crippen molar-refractivity contribution in [3.8, 4) is 0 Å². The Kier molecular flexibility index (Phi) is 5.75. The molecular weight excluding hydrogens is 388 g/mol. The summed E-state index contributed by atoms with van der Waals surface area (Å²) >= 11 is 0. The van der Waals surface area contributed by atoms with E-state index in [0.717, 1.165) is 31.6 Å². The maximum Gasteiger partial charge on any atom is 0.332 e. The summed E-state index contributed by atoms with van der Waals surface area (Å²) in [6, 6.07) is 0. The van der Waals surface area contributed by atoms with Gasteiger partial charge in [-0.2, -0.15) is 0 Å². The van der Waals surface area contributed by atoms with Crippen molar-refractivity contribution in [1.29, 1.82) is 0 Å². The highest BCUT2D eigenvalue weighted by molar-refractivity contribution is 6.13. The summed E-state index contributed by atoms with van der Waals surface area (Å²) < 4.78 is 0. The lowest BCUT2D eigenvalue weighted by atomic mass is 9.44. The summed E-state index contributed by atoms with van der Waals surface area (Å²) in [7, 11) is 0. The fourth-order valence-electron chi connectivity index (χ4n) is 8.45. The topological polar surface area (TPSA) is 71.4 Å². The minimum absolute atomic E-state index is 0.0553. The van der Waals surface area contributed by atoms with Crippen LogP contribution in [0.15, 0.2) is 11.6 Å². The van der Waals surface area contributed by atoms with Crippen molar-refractivity contribution in [2.45, 2.75) is 86.0 Å². The number of carbonyl (C=O) groups is 3. The Bertz CT molecular complexity index is 810. The van der Waals surface area contributed by atoms with Gasteiger partial charge in [0.15, 0.2) is 5.78 Å². The average Bonchev–Trinajstić information content (AvgIpc) is 3.04. The zero-order valence-electron chi connectivity index (χ0n) is 19.9. The second-order valence-electron chi connectivity index (χ2n) is 12.1. The second kappa shape index (κ2) is 7.85. The molecule has 0 heterocycles. The lowest BCUT2D eigenvalue weighted by molar-refractivity contribution is -0.157. The van der Waals surface area contributed by atoms with Crippen molar-refractivity contribution in [2.24, 2.45) is 52.3 Å². The van der Waals surface area contributed by atoms with Crippen LogP contribution in [0.3, 0.4) is 0 Å². The standard InChI is InChI=1S/C27H40O4/c1-15(2)7-6-8-16(3)18-9-10-19-23-20(11-12-26(18,19)4)27(5)14-17(24(23)29)22(28)13-21(27)25(30)31/h13,15-20,23H,6-12,14H2,1-5H3,(H,30,31)/t16-,17+,18+,19-,20+,23+,26+,27-/m0/s1. The first-order valence-electron chi connectivity index (χ1n) is 12.5. The van der Waals surface area contributed by atoms with Crippen molar-refractivity contribution in [2.75, 3.05) is 0 Å². The van der Waals surface area contributed by atoms with E-state index in [-0.39, 0.29) is 34.4 Å². The van der Waals surface area contributed by atoms with Crippen LogP contribution in [0.25, 0.3) is 0 Å². The van der Waals surface area contributed by atoms with Crippen LogP contribution in [-0.4, -0.2) is 22.6 Å². The molecular formula is C27H40O4. The summed E-state index contributed by atoms with van der Waals surface area (Å²) in [5.41, 5.74) is -0.186. The smallest absolute Gasteiger partial charge is 0.332 e. The van der Waals surface area contributed by atoms with Gasteiger partial charge in [-0.3, -0.25) is 9.59 Å². The highest BCUT2D eigenvalue weighted by atomic mass is 16.4. The van der Waals surface area contributed by atoms with Crippen LogP contribution in [0.2, 0.25) is 0 Å². The molecule has 0 radical (unpaired) electrons. The quantitative estimate of drug-likeness (QED) is 0.551. The average molecular weight is 429 g/mol. The van der Waals surface area contributed by atoms with Crippen LogP contribution in [0.5, 0.6) is 0 Å². The van der Waals surface area contributed by atoms with Crippen molar-refractivity contribution >= 4 is 17.5 Å². The number of fused-ring (bicyclic) bond motifs is 6. The third-order valence-electron chi connectivity index (χ3n) is 10.1. The molecule has 1 N–H and O–H groups in total. The highest BCUT2D eigenvalue weighted by Gasteiger charge is 2.65. The van der Waals surface area contributed by atoms with Crippen LogP contribution < -0.4 is 0 Å². The van der Waals surface area contributed by atoms with E-state index in [1.807, 2.05) is 6.92 Å². The van der Waals surface area contributed by atoms with Gasteiger partial charge >= 0.3 is 5.97 Å². The normalized spacial score (nSPS) is 42.8. The Balaban J connectivity index is 1.62. The molecule has 0 unspecified atom stereocenters. The molecule has 3 saturated carbocycles. The van der Waals surface area contributed by atoms with Gasteiger partial charge in [0.25, 0.3) is 0 Å². The Labute approximate surface area is 187 Å². The molecule has 0 aromatic carbocycles. The number of Topliss-reactive ketones (excluding diaryl/α,β-unsaturated/α-hetero) is 1. The summed E-state index contributed by atoms with van der Waals surface area (Å²) in [5.74, 6) is 0.441. The minimum Gasteiger partial charge on any atom is -0.478 e. The van der Waals surface area contributed by atoms with Gasteiger partial charge < -0.3 is 5.11 Å². The van der Waals surface area contributed by atoms with Crippen LogP contribution >= 0.6 is 0 Å². The monoisotopic (exact) mass is 428 g/mol. The summed E-state index contributed by atoms with van der Waals surface area (Å²) in [6.45, 7) is 11.4. The predicted molar refractivity (Wildman–Crippen MR) is 120 cm³/mol. The number of rotatable bonds is 6. The third kappa shape index (κ3) is 3.43. The Morgan fingerprint density at radius 3 is 2.45 bits per heavy atom. The molecule has 0 aliphatic heterocycles. The molecule has 3 fully saturated rings. The molecule has 4 rings (SSSR count). The largest absolute Gasteiger partial charge is 0.478 e. The lowest BCUT2D eigenvalue weighted by Crippen LogP contribution is -2.59. The SMILES string of the molecule is CC(C)CCC[C@H](C)[C@H]1CC[C@H]2[C@H]3C(=O)[C@@H]4C[C@](C)(C(C(=O)O)=CC4=O)[C@@H]3CC[C@]12C. The number of hydrogen-bond donors (Lipinski definition) is 1. The number of aliphatic carboxylic acids is 1. The summed E-state index contributed by atoms with van der Waals surface area (Å²) in [5, 5.41) is 9.86. The third-order valence-corrected chi connectivity index (χ3v) is 10.1. The zero-order chi connectivity index (χ0) is 22.7. The Hall–Kier alpha value is -1.45. The first-order chi connectivity index (χ1) is 14.5. The van der Waals surface area contributed by atoms with E-state index in [0.29, 0.717) is 24.2 Å². The first-order valence-corrected chi connectivity index (χ1v) is 12.5. The van der Waals surface area contributed by atoms with Crippen LogP contribution in [0, 0.1) is 52.3 Å². The molecule has 4 aliphatic carbocycles. The zero-order valence-corrected chi connectivity index (χ0v) is 19.9. The predicted octanol–water partition coefficient (Wildman–Crippen LogP) is 5.70. The molecule has 0 aromatic rings.